The molecule has 4 heterocycles. The van der Waals surface area contributed by atoms with E-state index in [1.165, 1.54) is 0 Å². The van der Waals surface area contributed by atoms with Gasteiger partial charge in [0.15, 0.2) is 5.65 Å². The Hall–Kier alpha value is -2.93. The summed E-state index contributed by atoms with van der Waals surface area (Å²) in [7, 11) is 0. The SMILES string of the molecule is CCn1ncc2c(NC3CCCCO3)c(C3=N[C@@H](c4ccccc4)CO3)cnc21. The number of fused-ring (bicyclic) bond motifs is 1. The van der Waals surface area contributed by atoms with Gasteiger partial charge in [-0.05, 0) is 31.7 Å². The zero-order chi connectivity index (χ0) is 19.6. The van der Waals surface area contributed by atoms with E-state index in [1.807, 2.05) is 35.3 Å². The molecule has 1 fully saturated rings. The van der Waals surface area contributed by atoms with Crippen LogP contribution < -0.4 is 5.32 Å². The summed E-state index contributed by atoms with van der Waals surface area (Å²) in [5, 5.41) is 9.04. The minimum absolute atomic E-state index is 0.000887. The van der Waals surface area contributed by atoms with E-state index < -0.39 is 0 Å². The maximum atomic E-state index is 6.02. The van der Waals surface area contributed by atoms with E-state index in [1.54, 1.807) is 0 Å². The van der Waals surface area contributed by atoms with Crippen molar-refractivity contribution >= 4 is 22.6 Å². The monoisotopic (exact) mass is 391 g/mol. The number of hydrogen-bond acceptors (Lipinski definition) is 6. The Morgan fingerprint density at radius 2 is 2.07 bits per heavy atom. The average molecular weight is 391 g/mol. The number of aryl methyl sites for hydroxylation is 1. The van der Waals surface area contributed by atoms with Crippen LogP contribution in [0.1, 0.15) is 43.4 Å². The molecule has 1 saturated heterocycles. The lowest BCUT2D eigenvalue weighted by Gasteiger charge is -2.25. The first-order valence-electron chi connectivity index (χ1n) is 10.3. The van der Waals surface area contributed by atoms with Crippen molar-refractivity contribution in [3.8, 4) is 0 Å². The zero-order valence-electron chi connectivity index (χ0n) is 16.5. The third-order valence-electron chi connectivity index (χ3n) is 5.52. The van der Waals surface area contributed by atoms with Gasteiger partial charge in [-0.15, -0.1) is 0 Å². The van der Waals surface area contributed by atoms with Crippen LogP contribution in [0.15, 0.2) is 47.7 Å². The van der Waals surface area contributed by atoms with Crippen molar-refractivity contribution in [3.05, 3.63) is 53.9 Å². The van der Waals surface area contributed by atoms with Crippen LogP contribution in [0, 0.1) is 0 Å². The van der Waals surface area contributed by atoms with E-state index in [4.69, 9.17) is 14.5 Å². The van der Waals surface area contributed by atoms with E-state index in [-0.39, 0.29) is 12.3 Å². The second-order valence-electron chi connectivity index (χ2n) is 7.42. The Balaban J connectivity index is 1.55. The average Bonchev–Trinajstić information content (AvgIpc) is 3.43. The Labute approximate surface area is 169 Å². The van der Waals surface area contributed by atoms with Gasteiger partial charge in [0.25, 0.3) is 0 Å². The highest BCUT2D eigenvalue weighted by atomic mass is 16.5. The smallest absolute Gasteiger partial charge is 0.220 e. The number of rotatable bonds is 5. The number of anilines is 1. The molecule has 150 valence electrons. The highest BCUT2D eigenvalue weighted by Gasteiger charge is 2.27. The molecule has 2 atom stereocenters. The van der Waals surface area contributed by atoms with Gasteiger partial charge in [0.1, 0.15) is 18.9 Å². The quantitative estimate of drug-likeness (QED) is 0.714. The molecule has 0 spiro atoms. The molecule has 7 heteroatoms. The molecule has 2 aliphatic heterocycles. The van der Waals surface area contributed by atoms with Crippen LogP contribution in [0.4, 0.5) is 5.69 Å². The summed E-state index contributed by atoms with van der Waals surface area (Å²) < 4.78 is 13.9. The van der Waals surface area contributed by atoms with Gasteiger partial charge in [-0.1, -0.05) is 30.3 Å². The van der Waals surface area contributed by atoms with Crippen molar-refractivity contribution in [1.82, 2.24) is 14.8 Å². The standard InChI is InChI=1S/C22H25N5O2/c1-2-27-21-16(13-24-27)20(26-19-10-6-7-11-28-19)17(12-23-21)22-25-18(14-29-22)15-8-4-3-5-9-15/h3-5,8-9,12-13,18-19H,2,6-7,10-11,14H2,1H3,(H,23,26)/t18-,19?/m1/s1. The molecule has 2 aromatic heterocycles. The van der Waals surface area contributed by atoms with E-state index in [0.717, 1.165) is 60.3 Å². The molecular weight excluding hydrogens is 366 g/mol. The summed E-state index contributed by atoms with van der Waals surface area (Å²) in [5.41, 5.74) is 3.81. The van der Waals surface area contributed by atoms with Crippen LogP contribution in [0.5, 0.6) is 0 Å². The predicted octanol–water partition coefficient (Wildman–Crippen LogP) is 3.91. The normalized spacial score (nSPS) is 21.8. The van der Waals surface area contributed by atoms with Crippen LogP contribution in [0.25, 0.3) is 11.0 Å². The van der Waals surface area contributed by atoms with E-state index in [0.29, 0.717) is 12.5 Å². The predicted molar refractivity (Wildman–Crippen MR) is 112 cm³/mol. The number of aromatic nitrogens is 3. The second kappa shape index (κ2) is 7.83. The first kappa shape index (κ1) is 18.1. The fourth-order valence-corrected chi connectivity index (χ4v) is 3.96. The molecule has 3 aromatic rings. The number of nitrogens with zero attached hydrogens (tertiary/aromatic N) is 4. The molecule has 2 aliphatic rings. The summed E-state index contributed by atoms with van der Waals surface area (Å²) in [4.78, 5) is 9.53. The maximum absolute atomic E-state index is 6.02. The molecule has 0 radical (unpaired) electrons. The third kappa shape index (κ3) is 3.46. The third-order valence-corrected chi connectivity index (χ3v) is 5.52. The van der Waals surface area contributed by atoms with Gasteiger partial charge in [-0.2, -0.15) is 5.10 Å². The summed E-state index contributed by atoms with van der Waals surface area (Å²) in [6, 6.07) is 10.2. The number of aliphatic imine (C=N–C) groups is 1. The Kier molecular flexibility index (Phi) is 4.89. The summed E-state index contributed by atoms with van der Waals surface area (Å²) in [6.45, 7) is 4.14. The summed E-state index contributed by atoms with van der Waals surface area (Å²) in [5.74, 6) is 0.621. The number of nitrogens with one attached hydrogen (secondary N) is 1. The van der Waals surface area contributed by atoms with Gasteiger partial charge in [0.2, 0.25) is 5.90 Å². The van der Waals surface area contributed by atoms with Crippen molar-refractivity contribution in [1.29, 1.82) is 0 Å². The minimum Gasteiger partial charge on any atom is -0.475 e. The van der Waals surface area contributed by atoms with Crippen molar-refractivity contribution in [2.75, 3.05) is 18.5 Å². The van der Waals surface area contributed by atoms with E-state index in [2.05, 4.69) is 34.5 Å². The highest BCUT2D eigenvalue weighted by Crippen LogP contribution is 2.32. The van der Waals surface area contributed by atoms with Crippen LogP contribution in [0.2, 0.25) is 0 Å². The van der Waals surface area contributed by atoms with Crippen LogP contribution in [0.3, 0.4) is 0 Å². The fraction of sp³-hybridized carbons (Fsp3) is 0.409. The molecule has 0 amide bonds. The number of ether oxygens (including phenoxy) is 2. The van der Waals surface area contributed by atoms with Crippen LogP contribution in [-0.2, 0) is 16.0 Å². The maximum Gasteiger partial charge on any atom is 0.220 e. The Bertz CT molecular complexity index is 1020. The molecule has 0 bridgehead atoms. The van der Waals surface area contributed by atoms with Crippen molar-refractivity contribution in [2.24, 2.45) is 4.99 Å². The van der Waals surface area contributed by atoms with Gasteiger partial charge in [-0.3, -0.25) is 0 Å². The summed E-state index contributed by atoms with van der Waals surface area (Å²) in [6.07, 6.45) is 6.93. The number of benzene rings is 1. The van der Waals surface area contributed by atoms with Crippen molar-refractivity contribution in [3.63, 3.8) is 0 Å². The lowest BCUT2D eigenvalue weighted by molar-refractivity contribution is 0.0344. The largest absolute Gasteiger partial charge is 0.475 e. The number of hydrogen-bond donors (Lipinski definition) is 1. The first-order chi connectivity index (χ1) is 14.3. The van der Waals surface area contributed by atoms with Crippen molar-refractivity contribution in [2.45, 2.75) is 45.0 Å². The molecule has 1 unspecified atom stereocenters. The van der Waals surface area contributed by atoms with E-state index >= 15 is 0 Å². The molecule has 7 nitrogen and oxygen atoms in total. The molecule has 0 saturated carbocycles. The lowest BCUT2D eigenvalue weighted by Crippen LogP contribution is -2.28. The molecular formula is C22H25N5O2. The molecule has 5 rings (SSSR count). The van der Waals surface area contributed by atoms with Gasteiger partial charge in [0.05, 0.1) is 22.8 Å². The summed E-state index contributed by atoms with van der Waals surface area (Å²) >= 11 is 0. The van der Waals surface area contributed by atoms with E-state index in [9.17, 15) is 0 Å². The number of pyridine rings is 1. The topological polar surface area (TPSA) is 73.6 Å². The molecule has 29 heavy (non-hydrogen) atoms. The molecule has 1 N–H and O–H groups in total. The highest BCUT2D eigenvalue weighted by molar-refractivity contribution is 6.07. The second-order valence-corrected chi connectivity index (χ2v) is 7.42. The van der Waals surface area contributed by atoms with Gasteiger partial charge < -0.3 is 14.8 Å². The van der Waals surface area contributed by atoms with Crippen LogP contribution >= 0.6 is 0 Å². The van der Waals surface area contributed by atoms with Gasteiger partial charge in [-0.25, -0.2) is 14.7 Å². The zero-order valence-corrected chi connectivity index (χ0v) is 16.5. The molecule has 1 aromatic carbocycles. The fourth-order valence-electron chi connectivity index (χ4n) is 3.96. The van der Waals surface area contributed by atoms with Crippen LogP contribution in [-0.4, -0.2) is 40.1 Å². The lowest BCUT2D eigenvalue weighted by atomic mass is 10.1. The van der Waals surface area contributed by atoms with Gasteiger partial charge >= 0.3 is 0 Å². The minimum atomic E-state index is -0.0231. The van der Waals surface area contributed by atoms with Gasteiger partial charge in [0, 0.05) is 19.3 Å². The first-order valence-corrected chi connectivity index (χ1v) is 10.3. The van der Waals surface area contributed by atoms with Crippen molar-refractivity contribution < 1.29 is 9.47 Å². The Morgan fingerprint density at radius 1 is 1.17 bits per heavy atom. The Morgan fingerprint density at radius 3 is 2.86 bits per heavy atom. The molecule has 0 aliphatic carbocycles.